The molecule has 0 aliphatic heterocycles. The first-order valence-electron chi connectivity index (χ1n) is 9.13. The van der Waals surface area contributed by atoms with Gasteiger partial charge in [0.25, 0.3) is 0 Å². The van der Waals surface area contributed by atoms with Gasteiger partial charge in [0.1, 0.15) is 12.4 Å². The zero-order valence-corrected chi connectivity index (χ0v) is 17.9. The molecule has 4 nitrogen and oxygen atoms in total. The SMILES string of the molecule is O=S(=O)(C1=CCCc2nc(OCc3c(Cl)cccc3Cl)ccc21)c1ccc(F)cc1. The Morgan fingerprint density at radius 2 is 1.70 bits per heavy atom. The van der Waals surface area contributed by atoms with Crippen LogP contribution >= 0.6 is 23.2 Å². The largest absolute Gasteiger partial charge is 0.473 e. The standard InChI is InChI=1S/C22H16Cl2FNO3S/c23-18-3-1-4-19(24)17(18)13-29-22-12-11-16-20(26-22)5-2-6-21(16)30(27,28)15-9-7-14(25)8-10-15/h1,3-4,6-12H,2,5,13H2. The molecule has 0 radical (unpaired) electrons. The van der Waals surface area contributed by atoms with Gasteiger partial charge in [-0.15, -0.1) is 0 Å². The average Bonchev–Trinajstić information content (AvgIpc) is 2.73. The van der Waals surface area contributed by atoms with Crippen molar-refractivity contribution in [3.05, 3.63) is 93.4 Å². The first-order chi connectivity index (χ1) is 14.4. The summed E-state index contributed by atoms with van der Waals surface area (Å²) in [5.74, 6) is -0.140. The molecule has 8 heteroatoms. The fourth-order valence-corrected chi connectivity index (χ4v) is 5.31. The van der Waals surface area contributed by atoms with Crippen LogP contribution in [0.25, 0.3) is 4.91 Å². The highest BCUT2D eigenvalue weighted by Crippen LogP contribution is 2.35. The highest BCUT2D eigenvalue weighted by atomic mass is 35.5. The van der Waals surface area contributed by atoms with Crippen LogP contribution in [0.1, 0.15) is 23.2 Å². The predicted molar refractivity (Wildman–Crippen MR) is 115 cm³/mol. The maximum Gasteiger partial charge on any atom is 0.213 e. The molecule has 0 amide bonds. The van der Waals surface area contributed by atoms with Crippen molar-refractivity contribution in [3.63, 3.8) is 0 Å². The van der Waals surface area contributed by atoms with Crippen LogP contribution in [0.15, 0.2) is 65.6 Å². The van der Waals surface area contributed by atoms with E-state index in [9.17, 15) is 12.8 Å². The zero-order valence-electron chi connectivity index (χ0n) is 15.6. The molecule has 4 rings (SSSR count). The van der Waals surface area contributed by atoms with E-state index in [4.69, 9.17) is 27.9 Å². The summed E-state index contributed by atoms with van der Waals surface area (Å²) >= 11 is 12.3. The minimum atomic E-state index is -3.79. The summed E-state index contributed by atoms with van der Waals surface area (Å²) in [6, 6.07) is 13.3. The normalized spacial score (nSPS) is 13.5. The van der Waals surface area contributed by atoms with Crippen molar-refractivity contribution in [1.82, 2.24) is 4.98 Å². The van der Waals surface area contributed by atoms with Crippen molar-refractivity contribution in [2.45, 2.75) is 24.3 Å². The first-order valence-corrected chi connectivity index (χ1v) is 11.4. The molecular formula is C22H16Cl2FNO3S. The summed E-state index contributed by atoms with van der Waals surface area (Å²) in [4.78, 5) is 4.69. The van der Waals surface area contributed by atoms with Crippen molar-refractivity contribution in [2.75, 3.05) is 0 Å². The smallest absolute Gasteiger partial charge is 0.213 e. The van der Waals surface area contributed by atoms with Gasteiger partial charge in [-0.3, -0.25) is 0 Å². The van der Waals surface area contributed by atoms with E-state index in [2.05, 4.69) is 4.98 Å². The number of hydrogen-bond acceptors (Lipinski definition) is 4. The average molecular weight is 464 g/mol. The molecule has 0 fully saturated rings. The third-order valence-corrected chi connectivity index (χ3v) is 7.33. The maximum absolute atomic E-state index is 13.2. The van der Waals surface area contributed by atoms with Crippen LogP contribution in [-0.4, -0.2) is 13.4 Å². The number of fused-ring (bicyclic) bond motifs is 1. The lowest BCUT2D eigenvalue weighted by molar-refractivity contribution is 0.293. The fraction of sp³-hybridized carbons (Fsp3) is 0.136. The van der Waals surface area contributed by atoms with Crippen molar-refractivity contribution in [2.24, 2.45) is 0 Å². The van der Waals surface area contributed by atoms with E-state index in [1.54, 1.807) is 36.4 Å². The second-order valence-electron chi connectivity index (χ2n) is 6.70. The van der Waals surface area contributed by atoms with E-state index in [1.165, 1.54) is 12.1 Å². The molecule has 0 unspecified atom stereocenters. The number of hydrogen-bond donors (Lipinski definition) is 0. The molecule has 1 aliphatic rings. The Balaban J connectivity index is 1.61. The lowest BCUT2D eigenvalue weighted by Gasteiger charge is -2.18. The Morgan fingerprint density at radius 1 is 1.00 bits per heavy atom. The van der Waals surface area contributed by atoms with Crippen molar-refractivity contribution < 1.29 is 17.5 Å². The Kier molecular flexibility index (Phi) is 5.82. The van der Waals surface area contributed by atoms with Crippen LogP contribution in [0.3, 0.4) is 0 Å². The van der Waals surface area contributed by atoms with Crippen LogP contribution in [0.5, 0.6) is 5.88 Å². The molecule has 0 saturated carbocycles. The monoisotopic (exact) mass is 463 g/mol. The third kappa shape index (κ3) is 4.08. The van der Waals surface area contributed by atoms with Crippen molar-refractivity contribution >= 4 is 37.9 Å². The van der Waals surface area contributed by atoms with E-state index in [0.717, 1.165) is 12.1 Å². The number of halogens is 3. The minimum Gasteiger partial charge on any atom is -0.473 e. The highest BCUT2D eigenvalue weighted by molar-refractivity contribution is 8.00. The molecule has 0 N–H and O–H groups in total. The van der Waals surface area contributed by atoms with E-state index in [0.29, 0.717) is 45.6 Å². The topological polar surface area (TPSA) is 56.3 Å². The number of pyridine rings is 1. The van der Waals surface area contributed by atoms with Gasteiger partial charge in [-0.05, 0) is 55.3 Å². The molecular weight excluding hydrogens is 448 g/mol. The lowest BCUT2D eigenvalue weighted by atomic mass is 10.0. The van der Waals surface area contributed by atoms with Gasteiger partial charge in [0, 0.05) is 27.2 Å². The Bertz CT molecular complexity index is 1220. The number of allylic oxidation sites excluding steroid dienone is 1. The molecule has 1 aromatic heterocycles. The second kappa shape index (κ2) is 8.38. The van der Waals surface area contributed by atoms with Gasteiger partial charge in [0.2, 0.25) is 15.7 Å². The number of ether oxygens (including phenoxy) is 1. The Hall–Kier alpha value is -2.41. The molecule has 1 heterocycles. The lowest BCUT2D eigenvalue weighted by Crippen LogP contribution is -2.12. The van der Waals surface area contributed by atoms with Gasteiger partial charge in [0.05, 0.1) is 15.5 Å². The fourth-order valence-electron chi connectivity index (χ4n) is 3.24. The number of aromatic nitrogens is 1. The van der Waals surface area contributed by atoms with Crippen LogP contribution in [-0.2, 0) is 22.9 Å². The molecule has 0 saturated heterocycles. The van der Waals surface area contributed by atoms with Gasteiger partial charge >= 0.3 is 0 Å². The molecule has 0 bridgehead atoms. The number of sulfone groups is 1. The van der Waals surface area contributed by atoms with Crippen LogP contribution in [0.2, 0.25) is 10.0 Å². The molecule has 1 aliphatic carbocycles. The van der Waals surface area contributed by atoms with Crippen molar-refractivity contribution in [3.8, 4) is 5.88 Å². The van der Waals surface area contributed by atoms with E-state index in [-0.39, 0.29) is 16.4 Å². The molecule has 3 aromatic rings. The van der Waals surface area contributed by atoms with Gasteiger partial charge in [-0.2, -0.15) is 0 Å². The van der Waals surface area contributed by atoms with Gasteiger partial charge < -0.3 is 4.74 Å². The van der Waals surface area contributed by atoms with Gasteiger partial charge in [-0.25, -0.2) is 17.8 Å². The number of nitrogens with zero attached hydrogens (tertiary/aromatic N) is 1. The summed E-state index contributed by atoms with van der Waals surface area (Å²) in [7, 11) is -3.79. The molecule has 30 heavy (non-hydrogen) atoms. The Morgan fingerprint density at radius 3 is 2.40 bits per heavy atom. The summed E-state index contributed by atoms with van der Waals surface area (Å²) in [6.45, 7) is 0.140. The van der Waals surface area contributed by atoms with Crippen LogP contribution in [0, 0.1) is 5.82 Å². The third-order valence-electron chi connectivity index (χ3n) is 4.76. The quantitative estimate of drug-likeness (QED) is 0.444. The maximum atomic E-state index is 13.2. The first kappa shape index (κ1) is 20.8. The summed E-state index contributed by atoms with van der Waals surface area (Å²) in [5.41, 5.74) is 1.80. The second-order valence-corrected chi connectivity index (χ2v) is 9.43. The Labute approximate surface area is 183 Å². The number of rotatable bonds is 5. The number of benzene rings is 2. The minimum absolute atomic E-state index is 0.0386. The summed E-state index contributed by atoms with van der Waals surface area (Å²) in [6.07, 6.45) is 2.78. The molecule has 2 aromatic carbocycles. The van der Waals surface area contributed by atoms with Crippen LogP contribution < -0.4 is 4.74 Å². The van der Waals surface area contributed by atoms with Crippen molar-refractivity contribution in [1.29, 1.82) is 0 Å². The molecule has 0 atom stereocenters. The van der Waals surface area contributed by atoms with E-state index < -0.39 is 15.7 Å². The highest BCUT2D eigenvalue weighted by Gasteiger charge is 2.27. The van der Waals surface area contributed by atoms with E-state index in [1.807, 2.05) is 0 Å². The predicted octanol–water partition coefficient (Wildman–Crippen LogP) is 5.87. The summed E-state index contributed by atoms with van der Waals surface area (Å²) < 4.78 is 45.0. The molecule has 154 valence electrons. The van der Waals surface area contributed by atoms with Gasteiger partial charge in [-0.1, -0.05) is 35.3 Å². The summed E-state index contributed by atoms with van der Waals surface area (Å²) in [5, 5.41) is 0.993. The zero-order chi connectivity index (χ0) is 21.3. The molecule has 0 spiro atoms. The number of aryl methyl sites for hydroxylation is 1. The van der Waals surface area contributed by atoms with Crippen LogP contribution in [0.4, 0.5) is 4.39 Å². The van der Waals surface area contributed by atoms with Gasteiger partial charge in [0.15, 0.2) is 0 Å². The van der Waals surface area contributed by atoms with E-state index >= 15 is 0 Å².